The number of hydrogen-bond donors (Lipinski definition) is 3. The molecule has 1 rings (SSSR count). The molecule has 0 saturated carbocycles. The van der Waals surface area contributed by atoms with Gasteiger partial charge in [-0.1, -0.05) is 17.7 Å². The zero-order valence-electron chi connectivity index (χ0n) is 16.4. The van der Waals surface area contributed by atoms with Crippen molar-refractivity contribution in [2.45, 2.75) is 45.3 Å². The lowest BCUT2D eigenvalue weighted by molar-refractivity contribution is -0.757. The molecule has 10 heteroatoms. The van der Waals surface area contributed by atoms with Crippen molar-refractivity contribution in [1.29, 1.82) is 0 Å². The molecule has 0 bridgehead atoms. The molecule has 0 aliphatic rings. The van der Waals surface area contributed by atoms with E-state index >= 15 is 0 Å². The first-order chi connectivity index (χ1) is 13.1. The first kappa shape index (κ1) is 23.9. The fraction of sp³-hybridized carbons (Fsp3) is 0.611. The summed E-state index contributed by atoms with van der Waals surface area (Å²) in [6.45, 7) is 6.26. The van der Waals surface area contributed by atoms with Crippen LogP contribution in [0.3, 0.4) is 0 Å². The highest BCUT2D eigenvalue weighted by atomic mass is 35.5. The van der Waals surface area contributed by atoms with Gasteiger partial charge in [0.05, 0.1) is 11.6 Å². The van der Waals surface area contributed by atoms with Crippen molar-refractivity contribution >= 4 is 17.5 Å². The highest BCUT2D eigenvalue weighted by molar-refractivity contribution is 6.32. The SMILES string of the molecule is Cc1ccc(Cl)c(OCC(O)CNC(C)(C)CNC(=O)CCCO[N+](=O)[O-])c1. The molecule has 158 valence electrons. The lowest BCUT2D eigenvalue weighted by Crippen LogP contribution is -2.51. The zero-order chi connectivity index (χ0) is 21.2. The Morgan fingerprint density at radius 3 is 2.82 bits per heavy atom. The fourth-order valence-electron chi connectivity index (χ4n) is 2.20. The number of aliphatic hydroxyl groups is 1. The second-order valence-corrected chi connectivity index (χ2v) is 7.51. The van der Waals surface area contributed by atoms with E-state index in [2.05, 4.69) is 15.5 Å². The molecule has 0 radical (unpaired) electrons. The summed E-state index contributed by atoms with van der Waals surface area (Å²) in [5.74, 6) is 0.299. The number of nitrogens with one attached hydrogen (secondary N) is 2. The summed E-state index contributed by atoms with van der Waals surface area (Å²) in [6.07, 6.45) is -0.360. The van der Waals surface area contributed by atoms with Crippen LogP contribution in [0.2, 0.25) is 5.02 Å². The Balaban J connectivity index is 2.26. The third kappa shape index (κ3) is 10.3. The normalized spacial score (nSPS) is 12.3. The molecule has 0 saturated heterocycles. The summed E-state index contributed by atoms with van der Waals surface area (Å²) >= 11 is 6.06. The summed E-state index contributed by atoms with van der Waals surface area (Å²) in [4.78, 5) is 25.9. The Kier molecular flexibility index (Phi) is 9.98. The monoisotopic (exact) mass is 417 g/mol. The van der Waals surface area contributed by atoms with E-state index in [-0.39, 0.29) is 38.5 Å². The smallest absolute Gasteiger partial charge is 0.294 e. The van der Waals surface area contributed by atoms with Gasteiger partial charge in [-0.25, -0.2) is 0 Å². The first-order valence-corrected chi connectivity index (χ1v) is 9.33. The van der Waals surface area contributed by atoms with Crippen molar-refractivity contribution in [2.24, 2.45) is 0 Å². The third-order valence-electron chi connectivity index (χ3n) is 3.81. The number of β-amino-alcohol motifs (C(OH)–C–C–N with tert-alkyl or cyclic N) is 1. The van der Waals surface area contributed by atoms with Crippen LogP contribution in [0.25, 0.3) is 0 Å². The number of benzene rings is 1. The molecule has 1 atom stereocenters. The number of amides is 1. The maximum absolute atomic E-state index is 11.7. The van der Waals surface area contributed by atoms with E-state index in [9.17, 15) is 20.0 Å². The van der Waals surface area contributed by atoms with Gasteiger partial charge in [0.15, 0.2) is 0 Å². The highest BCUT2D eigenvalue weighted by Gasteiger charge is 2.20. The van der Waals surface area contributed by atoms with Crippen LogP contribution in [0.15, 0.2) is 18.2 Å². The minimum Gasteiger partial charge on any atom is -0.489 e. The summed E-state index contributed by atoms with van der Waals surface area (Å²) < 4.78 is 5.56. The first-order valence-electron chi connectivity index (χ1n) is 8.95. The van der Waals surface area contributed by atoms with Gasteiger partial charge in [-0.3, -0.25) is 4.79 Å². The lowest BCUT2D eigenvalue weighted by atomic mass is 10.1. The molecule has 1 amide bonds. The van der Waals surface area contributed by atoms with Gasteiger partial charge in [0.2, 0.25) is 5.91 Å². The van der Waals surface area contributed by atoms with Crippen molar-refractivity contribution < 1.29 is 24.6 Å². The van der Waals surface area contributed by atoms with Crippen molar-refractivity contribution in [3.05, 3.63) is 38.9 Å². The van der Waals surface area contributed by atoms with Crippen LogP contribution in [0.4, 0.5) is 0 Å². The Hall–Kier alpha value is -2.10. The van der Waals surface area contributed by atoms with E-state index in [4.69, 9.17) is 16.3 Å². The van der Waals surface area contributed by atoms with E-state index in [0.717, 1.165) is 5.56 Å². The average molecular weight is 418 g/mol. The molecule has 0 aromatic heterocycles. The lowest BCUT2D eigenvalue weighted by Gasteiger charge is -2.28. The molecule has 0 heterocycles. The minimum atomic E-state index is -0.882. The number of ether oxygens (including phenoxy) is 1. The van der Waals surface area contributed by atoms with E-state index < -0.39 is 16.7 Å². The van der Waals surface area contributed by atoms with Crippen LogP contribution in [-0.2, 0) is 9.63 Å². The second kappa shape index (κ2) is 11.7. The van der Waals surface area contributed by atoms with Gasteiger partial charge in [-0.15, -0.1) is 10.1 Å². The molecule has 0 spiro atoms. The van der Waals surface area contributed by atoms with Crippen LogP contribution >= 0.6 is 11.6 Å². The Morgan fingerprint density at radius 2 is 2.14 bits per heavy atom. The van der Waals surface area contributed by atoms with Crippen molar-refractivity contribution in [3.63, 3.8) is 0 Å². The third-order valence-corrected chi connectivity index (χ3v) is 4.12. The molecule has 1 aromatic rings. The summed E-state index contributed by atoms with van der Waals surface area (Å²) in [7, 11) is 0. The maximum Gasteiger partial charge on any atom is 0.294 e. The maximum atomic E-state index is 11.7. The van der Waals surface area contributed by atoms with E-state index in [0.29, 0.717) is 17.3 Å². The molecule has 9 nitrogen and oxygen atoms in total. The van der Waals surface area contributed by atoms with Crippen molar-refractivity contribution in [3.8, 4) is 5.75 Å². The Labute approximate surface area is 169 Å². The number of hydrogen-bond acceptors (Lipinski definition) is 7. The predicted octanol–water partition coefficient (Wildman–Crippen LogP) is 1.86. The Morgan fingerprint density at radius 1 is 1.43 bits per heavy atom. The largest absolute Gasteiger partial charge is 0.489 e. The number of carbonyl (C=O) groups is 1. The molecule has 0 fully saturated rings. The van der Waals surface area contributed by atoms with Gasteiger partial charge in [0.1, 0.15) is 18.5 Å². The summed E-state index contributed by atoms with van der Waals surface area (Å²) in [5.41, 5.74) is 0.545. The summed E-state index contributed by atoms with van der Waals surface area (Å²) in [5, 5.41) is 25.7. The number of carbonyl (C=O) groups excluding carboxylic acids is 1. The van der Waals surface area contributed by atoms with Gasteiger partial charge < -0.3 is 25.3 Å². The predicted molar refractivity (Wildman–Crippen MR) is 105 cm³/mol. The molecule has 3 N–H and O–H groups in total. The highest BCUT2D eigenvalue weighted by Crippen LogP contribution is 2.25. The van der Waals surface area contributed by atoms with Gasteiger partial charge >= 0.3 is 0 Å². The van der Waals surface area contributed by atoms with E-state index in [1.54, 1.807) is 12.1 Å². The van der Waals surface area contributed by atoms with Crippen LogP contribution in [0.5, 0.6) is 5.75 Å². The quantitative estimate of drug-likeness (QED) is 0.254. The topological polar surface area (TPSA) is 123 Å². The number of aliphatic hydroxyl groups excluding tert-OH is 1. The standard InChI is InChI=1S/C18H28ClN3O6/c1-13-6-7-15(19)16(9-13)27-11-14(23)10-21-18(2,3)12-20-17(24)5-4-8-28-22(25)26/h6-7,9,14,21,23H,4-5,8,10-12H2,1-3H3,(H,20,24). The second-order valence-electron chi connectivity index (χ2n) is 7.10. The molecule has 0 aliphatic heterocycles. The number of halogens is 1. The van der Waals surface area contributed by atoms with Crippen LogP contribution in [0.1, 0.15) is 32.3 Å². The van der Waals surface area contributed by atoms with E-state index in [1.807, 2.05) is 26.8 Å². The number of rotatable bonds is 13. The van der Waals surface area contributed by atoms with Crippen molar-refractivity contribution in [2.75, 3.05) is 26.3 Å². The molecular weight excluding hydrogens is 390 g/mol. The minimum absolute atomic E-state index is 0.0784. The zero-order valence-corrected chi connectivity index (χ0v) is 17.1. The molecule has 1 aromatic carbocycles. The molecular formula is C18H28ClN3O6. The number of aryl methyl sites for hydroxylation is 1. The summed E-state index contributed by atoms with van der Waals surface area (Å²) in [6, 6.07) is 5.42. The fourth-order valence-corrected chi connectivity index (χ4v) is 2.37. The van der Waals surface area contributed by atoms with Crippen LogP contribution in [0, 0.1) is 17.0 Å². The Bertz CT molecular complexity index is 656. The van der Waals surface area contributed by atoms with Gasteiger partial charge in [-0.2, -0.15) is 0 Å². The molecule has 1 unspecified atom stereocenters. The van der Waals surface area contributed by atoms with Crippen LogP contribution < -0.4 is 15.4 Å². The van der Waals surface area contributed by atoms with Gasteiger partial charge in [0, 0.05) is 25.0 Å². The molecule has 0 aliphatic carbocycles. The van der Waals surface area contributed by atoms with Crippen molar-refractivity contribution in [1.82, 2.24) is 10.6 Å². The van der Waals surface area contributed by atoms with Gasteiger partial charge in [-0.05, 0) is 44.9 Å². The van der Waals surface area contributed by atoms with Gasteiger partial charge in [0.25, 0.3) is 5.09 Å². The average Bonchev–Trinajstić information content (AvgIpc) is 2.62. The van der Waals surface area contributed by atoms with Crippen LogP contribution in [-0.4, -0.2) is 54.0 Å². The van der Waals surface area contributed by atoms with E-state index in [1.165, 1.54) is 0 Å². The number of nitrogens with zero attached hydrogens (tertiary/aromatic N) is 1. The molecule has 28 heavy (non-hydrogen) atoms.